The number of urea groups is 1. The first-order valence-corrected chi connectivity index (χ1v) is 7.38. The van der Waals surface area contributed by atoms with Crippen LogP contribution in [0.15, 0.2) is 18.2 Å². The molecule has 0 spiro atoms. The summed E-state index contributed by atoms with van der Waals surface area (Å²) in [4.78, 5) is 23.7. The van der Waals surface area contributed by atoms with Crippen LogP contribution in [0.2, 0.25) is 5.02 Å². The van der Waals surface area contributed by atoms with Gasteiger partial charge in [-0.3, -0.25) is 10.1 Å². The van der Waals surface area contributed by atoms with Gasteiger partial charge in [-0.15, -0.1) is 0 Å². The molecule has 1 aliphatic rings. The fraction of sp³-hybridized carbons (Fsp3) is 0.500. The lowest BCUT2D eigenvalue weighted by atomic mass is 10.2. The van der Waals surface area contributed by atoms with Crippen molar-refractivity contribution in [3.05, 3.63) is 38.9 Å². The fourth-order valence-electron chi connectivity index (χ4n) is 2.26. The van der Waals surface area contributed by atoms with Gasteiger partial charge in [0.05, 0.1) is 11.0 Å². The van der Waals surface area contributed by atoms with Crippen molar-refractivity contribution in [2.24, 2.45) is 0 Å². The van der Waals surface area contributed by atoms with E-state index in [-0.39, 0.29) is 24.4 Å². The van der Waals surface area contributed by atoms with Crippen LogP contribution in [0.3, 0.4) is 0 Å². The number of carbonyl (C=O) groups excluding carboxylic acids is 1. The highest BCUT2D eigenvalue weighted by Crippen LogP contribution is 2.23. The molecule has 1 saturated heterocycles. The van der Waals surface area contributed by atoms with Gasteiger partial charge in [-0.1, -0.05) is 11.6 Å². The summed E-state index contributed by atoms with van der Waals surface area (Å²) in [5.74, 6) is 0. The van der Waals surface area contributed by atoms with E-state index in [1.807, 2.05) is 0 Å². The van der Waals surface area contributed by atoms with Gasteiger partial charge in [-0.05, 0) is 24.5 Å². The molecule has 1 fully saturated rings. The highest BCUT2D eigenvalue weighted by molar-refractivity contribution is 6.31. The van der Waals surface area contributed by atoms with E-state index in [0.717, 1.165) is 19.4 Å². The number of carbonyl (C=O) groups is 1. The van der Waals surface area contributed by atoms with Crippen molar-refractivity contribution < 1.29 is 14.5 Å². The topological polar surface area (TPSA) is 84.7 Å². The van der Waals surface area contributed by atoms with Crippen LogP contribution in [0.1, 0.15) is 18.4 Å². The Morgan fingerprint density at radius 1 is 1.59 bits per heavy atom. The number of hydrogen-bond acceptors (Lipinski definition) is 4. The summed E-state index contributed by atoms with van der Waals surface area (Å²) in [7, 11) is 1.61. The number of nitrogens with one attached hydrogen (secondary N) is 1. The number of ether oxygens (including phenoxy) is 1. The van der Waals surface area contributed by atoms with E-state index in [1.54, 1.807) is 7.05 Å². The van der Waals surface area contributed by atoms with Gasteiger partial charge in [0, 0.05) is 43.9 Å². The molecule has 1 aliphatic heterocycles. The third kappa shape index (κ3) is 4.32. The molecule has 0 saturated carbocycles. The van der Waals surface area contributed by atoms with Crippen LogP contribution in [0.25, 0.3) is 0 Å². The summed E-state index contributed by atoms with van der Waals surface area (Å²) in [6.07, 6.45) is 2.03. The molecule has 0 radical (unpaired) electrons. The number of nitro groups is 1. The molecule has 120 valence electrons. The van der Waals surface area contributed by atoms with Gasteiger partial charge in [-0.25, -0.2) is 4.79 Å². The highest BCUT2D eigenvalue weighted by Gasteiger charge is 2.18. The number of halogens is 1. The molecular formula is C14H18ClN3O4. The maximum atomic E-state index is 12.0. The van der Waals surface area contributed by atoms with Crippen molar-refractivity contribution in [1.29, 1.82) is 0 Å². The van der Waals surface area contributed by atoms with E-state index in [9.17, 15) is 14.9 Å². The summed E-state index contributed by atoms with van der Waals surface area (Å²) in [6.45, 7) is 1.39. The molecule has 8 heteroatoms. The van der Waals surface area contributed by atoms with E-state index < -0.39 is 4.92 Å². The molecule has 1 N–H and O–H groups in total. The minimum Gasteiger partial charge on any atom is -0.376 e. The van der Waals surface area contributed by atoms with Crippen molar-refractivity contribution in [1.82, 2.24) is 10.2 Å². The first-order valence-electron chi connectivity index (χ1n) is 7.00. The van der Waals surface area contributed by atoms with Gasteiger partial charge in [-0.2, -0.15) is 0 Å². The fourth-order valence-corrected chi connectivity index (χ4v) is 2.44. The van der Waals surface area contributed by atoms with Crippen LogP contribution in [0.4, 0.5) is 10.5 Å². The third-order valence-corrected chi connectivity index (χ3v) is 3.87. The average Bonchev–Trinajstić information content (AvgIpc) is 3.00. The van der Waals surface area contributed by atoms with Gasteiger partial charge >= 0.3 is 6.03 Å². The Morgan fingerprint density at radius 3 is 3.00 bits per heavy atom. The predicted octanol–water partition coefficient (Wildman–Crippen LogP) is 2.57. The summed E-state index contributed by atoms with van der Waals surface area (Å²) >= 11 is 6.03. The van der Waals surface area contributed by atoms with Gasteiger partial charge in [0.25, 0.3) is 5.69 Å². The Morgan fingerprint density at radius 2 is 2.36 bits per heavy atom. The average molecular weight is 328 g/mol. The number of nitro benzene ring substituents is 1. The molecule has 2 amide bonds. The zero-order valence-corrected chi connectivity index (χ0v) is 13.0. The van der Waals surface area contributed by atoms with E-state index >= 15 is 0 Å². The normalized spacial score (nSPS) is 17.3. The molecule has 7 nitrogen and oxygen atoms in total. The van der Waals surface area contributed by atoms with E-state index in [0.29, 0.717) is 17.1 Å². The molecular weight excluding hydrogens is 310 g/mol. The highest BCUT2D eigenvalue weighted by atomic mass is 35.5. The molecule has 0 bridgehead atoms. The summed E-state index contributed by atoms with van der Waals surface area (Å²) < 4.78 is 5.43. The molecule has 1 aromatic rings. The molecule has 0 aliphatic carbocycles. The van der Waals surface area contributed by atoms with Crippen LogP contribution >= 0.6 is 11.6 Å². The third-order valence-electron chi connectivity index (χ3n) is 3.50. The predicted molar refractivity (Wildman–Crippen MR) is 81.9 cm³/mol. The van der Waals surface area contributed by atoms with E-state index in [2.05, 4.69) is 5.32 Å². The summed E-state index contributed by atoms with van der Waals surface area (Å²) in [6, 6.07) is 3.92. The maximum absolute atomic E-state index is 12.0. The van der Waals surface area contributed by atoms with Crippen molar-refractivity contribution in [2.75, 3.05) is 20.2 Å². The number of rotatable bonds is 5. The number of benzene rings is 1. The number of hydrogen-bond donors (Lipinski definition) is 1. The summed E-state index contributed by atoms with van der Waals surface area (Å²) in [5, 5.41) is 14.0. The second-order valence-corrected chi connectivity index (χ2v) is 5.62. The molecule has 1 unspecified atom stereocenters. The molecule has 0 aromatic heterocycles. The lowest BCUT2D eigenvalue weighted by Gasteiger charge is -2.20. The Hall–Kier alpha value is -1.86. The van der Waals surface area contributed by atoms with Crippen LogP contribution in [0, 0.1) is 10.1 Å². The second kappa shape index (κ2) is 7.42. The van der Waals surface area contributed by atoms with Crippen molar-refractivity contribution in [3.8, 4) is 0 Å². The van der Waals surface area contributed by atoms with Gasteiger partial charge in [0.2, 0.25) is 0 Å². The molecule has 1 aromatic carbocycles. The van der Waals surface area contributed by atoms with Crippen LogP contribution in [-0.2, 0) is 11.3 Å². The standard InChI is InChI=1S/C14H18ClN3O4/c1-17(14(19)16-8-12-3-2-6-22-12)9-10-7-11(18(20)21)4-5-13(10)15/h4-5,7,12H,2-3,6,8-9H2,1H3,(H,16,19). The molecule has 1 atom stereocenters. The monoisotopic (exact) mass is 327 g/mol. The van der Waals surface area contributed by atoms with Crippen LogP contribution in [0.5, 0.6) is 0 Å². The van der Waals surface area contributed by atoms with E-state index in [1.165, 1.54) is 23.1 Å². The zero-order valence-electron chi connectivity index (χ0n) is 12.3. The molecule has 2 rings (SSSR count). The number of non-ortho nitro benzene ring substituents is 1. The smallest absolute Gasteiger partial charge is 0.317 e. The summed E-state index contributed by atoms with van der Waals surface area (Å²) in [5.41, 5.74) is 0.484. The molecule has 1 heterocycles. The van der Waals surface area contributed by atoms with Gasteiger partial charge in [0.15, 0.2) is 0 Å². The van der Waals surface area contributed by atoms with Crippen LogP contribution < -0.4 is 5.32 Å². The Balaban J connectivity index is 1.92. The van der Waals surface area contributed by atoms with Crippen molar-refractivity contribution in [3.63, 3.8) is 0 Å². The number of nitrogens with zero attached hydrogens (tertiary/aromatic N) is 2. The Labute approximate surface area is 133 Å². The van der Waals surface area contributed by atoms with Gasteiger partial charge < -0.3 is 15.0 Å². The minimum atomic E-state index is -0.489. The lowest BCUT2D eigenvalue weighted by molar-refractivity contribution is -0.384. The minimum absolute atomic E-state index is 0.0486. The second-order valence-electron chi connectivity index (χ2n) is 5.21. The largest absolute Gasteiger partial charge is 0.376 e. The van der Waals surface area contributed by atoms with Crippen molar-refractivity contribution in [2.45, 2.75) is 25.5 Å². The molecule has 22 heavy (non-hydrogen) atoms. The SMILES string of the molecule is CN(Cc1cc([N+](=O)[O-])ccc1Cl)C(=O)NCC1CCCO1. The quantitative estimate of drug-likeness (QED) is 0.665. The Bertz CT molecular complexity index is 561. The first kappa shape index (κ1) is 16.5. The maximum Gasteiger partial charge on any atom is 0.317 e. The zero-order chi connectivity index (χ0) is 16.1. The lowest BCUT2D eigenvalue weighted by Crippen LogP contribution is -2.40. The van der Waals surface area contributed by atoms with E-state index in [4.69, 9.17) is 16.3 Å². The Kier molecular flexibility index (Phi) is 5.57. The van der Waals surface area contributed by atoms with Crippen LogP contribution in [-0.4, -0.2) is 42.2 Å². The van der Waals surface area contributed by atoms with Crippen molar-refractivity contribution >= 4 is 23.3 Å². The first-order chi connectivity index (χ1) is 10.5. The van der Waals surface area contributed by atoms with Gasteiger partial charge in [0.1, 0.15) is 0 Å². The number of amides is 2.